The third-order valence-corrected chi connectivity index (χ3v) is 7.82. The van der Waals surface area contributed by atoms with Crippen molar-refractivity contribution in [1.82, 2.24) is 0 Å². The second-order valence-corrected chi connectivity index (χ2v) is 10.2. The summed E-state index contributed by atoms with van der Waals surface area (Å²) in [5, 5.41) is 7.13. The Labute approximate surface area is 232 Å². The summed E-state index contributed by atoms with van der Waals surface area (Å²) in [7, 11) is 0. The lowest BCUT2D eigenvalue weighted by Crippen LogP contribution is -2.11. The van der Waals surface area contributed by atoms with Crippen LogP contribution in [0.4, 0.5) is 17.1 Å². The Morgan fingerprint density at radius 3 is 1.98 bits per heavy atom. The smallest absolute Gasteiger partial charge is 0.137 e. The van der Waals surface area contributed by atoms with E-state index in [-0.39, 0.29) is 0 Å². The number of fused-ring (bicyclic) bond motifs is 5. The molecule has 7 aromatic carbocycles. The highest BCUT2D eigenvalue weighted by Crippen LogP contribution is 2.47. The van der Waals surface area contributed by atoms with Crippen molar-refractivity contribution >= 4 is 60.5 Å². The fourth-order valence-corrected chi connectivity index (χ4v) is 6.02. The van der Waals surface area contributed by atoms with E-state index >= 15 is 0 Å². The van der Waals surface area contributed by atoms with Gasteiger partial charge in [0.2, 0.25) is 0 Å². The van der Waals surface area contributed by atoms with Crippen molar-refractivity contribution in [3.05, 3.63) is 152 Å². The van der Waals surface area contributed by atoms with Crippen LogP contribution in [0.1, 0.15) is 0 Å². The van der Waals surface area contributed by atoms with Crippen molar-refractivity contribution in [2.24, 2.45) is 0 Å². The van der Waals surface area contributed by atoms with Gasteiger partial charge in [0.25, 0.3) is 0 Å². The lowest BCUT2D eigenvalue weighted by atomic mass is 9.93. The molecule has 0 atom stereocenters. The van der Waals surface area contributed by atoms with Crippen LogP contribution in [0.25, 0.3) is 54.6 Å². The number of hydrogen-bond donors (Lipinski definition) is 0. The van der Waals surface area contributed by atoms with Gasteiger partial charge < -0.3 is 9.32 Å². The van der Waals surface area contributed by atoms with Crippen LogP contribution in [0.15, 0.2) is 156 Å². The molecule has 2 heteroatoms. The molecule has 0 radical (unpaired) electrons. The minimum Gasteiger partial charge on any atom is -0.456 e. The van der Waals surface area contributed by atoms with Crippen molar-refractivity contribution in [3.63, 3.8) is 0 Å². The van der Waals surface area contributed by atoms with Crippen molar-refractivity contribution in [3.8, 4) is 11.1 Å². The van der Waals surface area contributed by atoms with Gasteiger partial charge in [0.1, 0.15) is 11.2 Å². The highest BCUT2D eigenvalue weighted by molar-refractivity contribution is 6.15. The third-order valence-electron chi connectivity index (χ3n) is 7.82. The van der Waals surface area contributed by atoms with E-state index in [2.05, 4.69) is 144 Å². The highest BCUT2D eigenvalue weighted by atomic mass is 16.3. The molecule has 1 heterocycles. The number of benzene rings is 7. The van der Waals surface area contributed by atoms with Crippen molar-refractivity contribution in [2.75, 3.05) is 4.90 Å². The Kier molecular flexibility index (Phi) is 5.17. The molecule has 2 nitrogen and oxygen atoms in total. The molecule has 0 saturated carbocycles. The zero-order valence-electron chi connectivity index (χ0n) is 21.8. The molecule has 0 bridgehead atoms. The van der Waals surface area contributed by atoms with Gasteiger partial charge in [-0.25, -0.2) is 0 Å². The van der Waals surface area contributed by atoms with Crippen LogP contribution < -0.4 is 4.90 Å². The van der Waals surface area contributed by atoms with Gasteiger partial charge in [-0.1, -0.05) is 109 Å². The van der Waals surface area contributed by atoms with E-state index in [1.165, 1.54) is 32.7 Å². The zero-order chi connectivity index (χ0) is 26.5. The summed E-state index contributed by atoms with van der Waals surface area (Å²) in [5.41, 5.74) is 7.48. The van der Waals surface area contributed by atoms with Gasteiger partial charge in [0, 0.05) is 16.6 Å². The normalized spacial score (nSPS) is 11.5. The van der Waals surface area contributed by atoms with Gasteiger partial charge in [0.15, 0.2) is 0 Å². The summed E-state index contributed by atoms with van der Waals surface area (Å²) in [6.45, 7) is 0. The fraction of sp³-hybridized carbons (Fsp3) is 0. The molecule has 40 heavy (non-hydrogen) atoms. The zero-order valence-corrected chi connectivity index (χ0v) is 21.8. The lowest BCUT2D eigenvalue weighted by molar-refractivity contribution is 0.669. The molecule has 188 valence electrons. The second kappa shape index (κ2) is 9.14. The molecule has 0 N–H and O–H groups in total. The van der Waals surface area contributed by atoms with Crippen LogP contribution in [-0.4, -0.2) is 0 Å². The van der Waals surface area contributed by atoms with E-state index in [9.17, 15) is 0 Å². The van der Waals surface area contributed by atoms with E-state index in [1.807, 2.05) is 12.1 Å². The Bertz CT molecular complexity index is 2170. The summed E-state index contributed by atoms with van der Waals surface area (Å²) in [6.07, 6.45) is 0. The molecule has 8 aromatic rings. The van der Waals surface area contributed by atoms with Crippen LogP contribution >= 0.6 is 0 Å². The van der Waals surface area contributed by atoms with E-state index in [0.717, 1.165) is 39.0 Å². The number of rotatable bonds is 4. The molecule has 0 aliphatic rings. The maximum Gasteiger partial charge on any atom is 0.137 e. The molecule has 0 aliphatic heterocycles. The fourth-order valence-electron chi connectivity index (χ4n) is 6.02. The molecule has 0 saturated heterocycles. The van der Waals surface area contributed by atoms with Gasteiger partial charge in [-0.15, -0.1) is 0 Å². The first-order chi connectivity index (χ1) is 19.8. The van der Waals surface area contributed by atoms with Gasteiger partial charge in [-0.05, 0) is 69.6 Å². The Hall–Kier alpha value is -5.34. The molecule has 0 aliphatic carbocycles. The van der Waals surface area contributed by atoms with Crippen LogP contribution in [0.5, 0.6) is 0 Å². The largest absolute Gasteiger partial charge is 0.456 e. The molecule has 0 spiro atoms. The van der Waals surface area contributed by atoms with Crippen LogP contribution in [0, 0.1) is 0 Å². The Balaban J connectivity index is 1.49. The minimum atomic E-state index is 0.882. The summed E-state index contributed by atoms with van der Waals surface area (Å²) >= 11 is 0. The molecule has 0 unspecified atom stereocenters. The number of furan rings is 1. The molecular weight excluding hydrogens is 486 g/mol. The lowest BCUT2D eigenvalue weighted by Gasteiger charge is -2.29. The monoisotopic (exact) mass is 511 g/mol. The topological polar surface area (TPSA) is 16.4 Å². The molecule has 1 aromatic heterocycles. The van der Waals surface area contributed by atoms with E-state index in [1.54, 1.807) is 0 Å². The Morgan fingerprint density at radius 1 is 0.425 bits per heavy atom. The van der Waals surface area contributed by atoms with Gasteiger partial charge in [-0.3, -0.25) is 0 Å². The molecular formula is C38H25NO. The first-order valence-corrected chi connectivity index (χ1v) is 13.6. The predicted octanol–water partition coefficient (Wildman–Crippen LogP) is 11.0. The van der Waals surface area contributed by atoms with Crippen molar-refractivity contribution in [1.29, 1.82) is 0 Å². The quantitative estimate of drug-likeness (QED) is 0.234. The van der Waals surface area contributed by atoms with E-state index in [0.29, 0.717) is 0 Å². The van der Waals surface area contributed by atoms with Gasteiger partial charge in [-0.2, -0.15) is 0 Å². The molecule has 0 amide bonds. The van der Waals surface area contributed by atoms with Crippen LogP contribution in [0.3, 0.4) is 0 Å². The van der Waals surface area contributed by atoms with Crippen molar-refractivity contribution < 1.29 is 4.42 Å². The standard InChI is InChI=1S/C38H25NO/c1-2-14-30(15-3-1)39(33-18-10-20-36-38(33)32-17-8-9-19-35(32)40-36)34-24-23-27-12-6-7-16-31(27)37(34)29-22-21-26-11-4-5-13-28(26)25-29/h1-25H. The first-order valence-electron chi connectivity index (χ1n) is 13.6. The van der Waals surface area contributed by atoms with E-state index < -0.39 is 0 Å². The summed E-state index contributed by atoms with van der Waals surface area (Å²) in [6, 6.07) is 53.8. The number of anilines is 3. The third kappa shape index (κ3) is 3.58. The summed E-state index contributed by atoms with van der Waals surface area (Å²) < 4.78 is 6.32. The first kappa shape index (κ1) is 22.6. The average molecular weight is 512 g/mol. The number of nitrogens with zero attached hydrogens (tertiary/aromatic N) is 1. The molecule has 8 rings (SSSR count). The van der Waals surface area contributed by atoms with E-state index in [4.69, 9.17) is 4.42 Å². The maximum atomic E-state index is 6.32. The Morgan fingerprint density at radius 2 is 1.10 bits per heavy atom. The van der Waals surface area contributed by atoms with Crippen LogP contribution in [0.2, 0.25) is 0 Å². The predicted molar refractivity (Wildman–Crippen MR) is 169 cm³/mol. The maximum absolute atomic E-state index is 6.32. The van der Waals surface area contributed by atoms with Crippen molar-refractivity contribution in [2.45, 2.75) is 0 Å². The highest BCUT2D eigenvalue weighted by Gasteiger charge is 2.23. The summed E-state index contributed by atoms with van der Waals surface area (Å²) in [5.74, 6) is 0. The summed E-state index contributed by atoms with van der Waals surface area (Å²) in [4.78, 5) is 2.39. The van der Waals surface area contributed by atoms with Gasteiger partial charge >= 0.3 is 0 Å². The second-order valence-electron chi connectivity index (χ2n) is 10.2. The molecule has 0 fully saturated rings. The number of para-hydroxylation sites is 2. The van der Waals surface area contributed by atoms with Gasteiger partial charge in [0.05, 0.1) is 16.8 Å². The number of hydrogen-bond acceptors (Lipinski definition) is 2. The SMILES string of the molecule is c1ccc(N(c2ccc3ccccc3c2-c2ccc3ccccc3c2)c2cccc3oc4ccccc4c23)cc1. The minimum absolute atomic E-state index is 0.882. The average Bonchev–Trinajstić information content (AvgIpc) is 3.41. The van der Waals surface area contributed by atoms with Crippen LogP contribution in [-0.2, 0) is 0 Å².